The highest BCUT2D eigenvalue weighted by Crippen LogP contribution is 2.18. The van der Waals surface area contributed by atoms with E-state index in [1.165, 1.54) is 89.9 Å². The van der Waals surface area contributed by atoms with E-state index in [1.807, 2.05) is 36.8 Å². The number of rotatable bonds is 20. The molecule has 0 aliphatic rings. The van der Waals surface area contributed by atoms with Crippen molar-refractivity contribution in [3.8, 4) is 11.5 Å². The van der Waals surface area contributed by atoms with E-state index >= 15 is 0 Å². The molecule has 0 saturated carbocycles. The molecule has 0 aromatic heterocycles. The first-order chi connectivity index (χ1) is 14.9. The van der Waals surface area contributed by atoms with Crippen LogP contribution >= 0.6 is 0 Å². The van der Waals surface area contributed by atoms with Gasteiger partial charge in [0.1, 0.15) is 11.5 Å². The first-order valence-corrected chi connectivity index (χ1v) is 12.6. The highest BCUT2D eigenvalue weighted by atomic mass is 16.5. The summed E-state index contributed by atoms with van der Waals surface area (Å²) >= 11 is 0. The molecule has 0 heterocycles. The van der Waals surface area contributed by atoms with Crippen molar-refractivity contribution in [1.82, 2.24) is 0 Å². The van der Waals surface area contributed by atoms with Gasteiger partial charge in [0.2, 0.25) is 0 Å². The molecule has 0 spiro atoms. The summed E-state index contributed by atoms with van der Waals surface area (Å²) in [5.41, 5.74) is 0. The van der Waals surface area contributed by atoms with Crippen LogP contribution < -0.4 is 9.47 Å². The second-order valence-corrected chi connectivity index (χ2v) is 8.27. The molecule has 0 unspecified atom stereocenters. The molecule has 30 heavy (non-hydrogen) atoms. The second kappa shape index (κ2) is 20.6. The zero-order valence-electron chi connectivity index (χ0n) is 19.7. The molecule has 0 saturated heterocycles. The Bertz CT molecular complexity index is 481. The summed E-state index contributed by atoms with van der Waals surface area (Å²) < 4.78 is 11.3. The maximum absolute atomic E-state index is 5.67. The maximum Gasteiger partial charge on any atom is 0.126 e. The van der Waals surface area contributed by atoms with Crippen LogP contribution in [0.1, 0.15) is 117 Å². The summed E-state index contributed by atoms with van der Waals surface area (Å²) in [6.45, 7) is 4.53. The monoisotopic (exact) mass is 414 g/mol. The summed E-state index contributed by atoms with van der Waals surface area (Å²) in [5, 5.41) is 0. The van der Waals surface area contributed by atoms with Crippen molar-refractivity contribution in [2.45, 2.75) is 117 Å². The van der Waals surface area contributed by atoms with Crippen LogP contribution in [0.5, 0.6) is 11.5 Å². The van der Waals surface area contributed by atoms with Crippen LogP contribution in [-0.2, 0) is 0 Å². The van der Waals surface area contributed by atoms with Gasteiger partial charge in [0.05, 0.1) is 12.5 Å². The normalized spacial score (nSPS) is 11.5. The zero-order valence-corrected chi connectivity index (χ0v) is 19.7. The highest BCUT2D eigenvalue weighted by Gasteiger charge is 1.94. The average molecular weight is 415 g/mol. The van der Waals surface area contributed by atoms with Crippen LogP contribution in [0, 0.1) is 0 Å². The minimum absolute atomic E-state index is 0.852. The summed E-state index contributed by atoms with van der Waals surface area (Å²) in [6.07, 6.45) is 28.9. The zero-order chi connectivity index (χ0) is 21.5. The second-order valence-electron chi connectivity index (χ2n) is 8.27. The van der Waals surface area contributed by atoms with Crippen LogP contribution in [0.4, 0.5) is 0 Å². The number of ether oxygens (including phenoxy) is 2. The van der Waals surface area contributed by atoms with Gasteiger partial charge < -0.3 is 9.47 Å². The van der Waals surface area contributed by atoms with Gasteiger partial charge in [-0.1, -0.05) is 90.9 Å². The van der Waals surface area contributed by atoms with Crippen LogP contribution in [-0.4, -0.2) is 0 Å². The first-order valence-electron chi connectivity index (χ1n) is 12.6. The van der Waals surface area contributed by atoms with Gasteiger partial charge in [-0.25, -0.2) is 0 Å². The summed E-state index contributed by atoms with van der Waals surface area (Å²) in [7, 11) is 0. The average Bonchev–Trinajstić information content (AvgIpc) is 2.77. The molecule has 0 aliphatic carbocycles. The number of hydrogen-bond acceptors (Lipinski definition) is 2. The third-order valence-corrected chi connectivity index (χ3v) is 5.37. The lowest BCUT2D eigenvalue weighted by Gasteiger charge is -2.03. The predicted octanol–water partition coefficient (Wildman–Crippen LogP) is 9.75. The molecule has 2 heteroatoms. The fourth-order valence-electron chi connectivity index (χ4n) is 3.42. The minimum atomic E-state index is 0.852. The molecule has 170 valence electrons. The van der Waals surface area contributed by atoms with Crippen molar-refractivity contribution in [3.05, 3.63) is 48.9 Å². The van der Waals surface area contributed by atoms with Gasteiger partial charge in [-0.2, -0.15) is 0 Å². The van der Waals surface area contributed by atoms with Crippen molar-refractivity contribution in [1.29, 1.82) is 0 Å². The number of allylic oxidation sites excluding steroid dienone is 2. The molecule has 0 bridgehead atoms. The summed E-state index contributed by atoms with van der Waals surface area (Å²) in [5.74, 6) is 1.70. The molecule has 0 fully saturated rings. The molecule has 0 amide bonds. The number of hydrogen-bond donors (Lipinski definition) is 0. The Kier molecular flexibility index (Phi) is 18.1. The van der Waals surface area contributed by atoms with Crippen LogP contribution in [0.3, 0.4) is 0 Å². The molecule has 1 aromatic carbocycles. The Morgan fingerprint density at radius 1 is 0.500 bits per heavy atom. The Labute approximate surface area is 186 Å². The van der Waals surface area contributed by atoms with Gasteiger partial charge in [-0.15, -0.1) is 0 Å². The SMILES string of the molecule is CCCCCCCCCC=COc1ccc(OC=CCCCCCCCCC)cc1. The van der Waals surface area contributed by atoms with Gasteiger partial charge in [0.25, 0.3) is 0 Å². The van der Waals surface area contributed by atoms with Crippen molar-refractivity contribution >= 4 is 0 Å². The highest BCUT2D eigenvalue weighted by molar-refractivity contribution is 5.32. The molecular weight excluding hydrogens is 368 g/mol. The molecule has 0 radical (unpaired) electrons. The van der Waals surface area contributed by atoms with Crippen molar-refractivity contribution in [2.75, 3.05) is 0 Å². The van der Waals surface area contributed by atoms with E-state index in [1.54, 1.807) is 0 Å². The van der Waals surface area contributed by atoms with Crippen molar-refractivity contribution in [3.63, 3.8) is 0 Å². The smallest absolute Gasteiger partial charge is 0.126 e. The summed E-state index contributed by atoms with van der Waals surface area (Å²) in [4.78, 5) is 0. The van der Waals surface area contributed by atoms with Crippen LogP contribution in [0.2, 0.25) is 0 Å². The van der Waals surface area contributed by atoms with Gasteiger partial charge in [0, 0.05) is 0 Å². The first kappa shape index (κ1) is 26.3. The fourth-order valence-corrected chi connectivity index (χ4v) is 3.42. The molecule has 0 N–H and O–H groups in total. The Balaban J connectivity index is 2.03. The van der Waals surface area contributed by atoms with Gasteiger partial charge >= 0.3 is 0 Å². The quantitative estimate of drug-likeness (QED) is 0.156. The number of benzene rings is 1. The number of unbranched alkanes of at least 4 members (excludes halogenated alkanes) is 14. The van der Waals surface area contributed by atoms with E-state index in [0.29, 0.717) is 0 Å². The molecule has 1 aromatic rings. The third-order valence-electron chi connectivity index (χ3n) is 5.37. The van der Waals surface area contributed by atoms with E-state index in [9.17, 15) is 0 Å². The molecule has 2 nitrogen and oxygen atoms in total. The molecule has 0 aliphatic heterocycles. The van der Waals surface area contributed by atoms with Crippen molar-refractivity contribution < 1.29 is 9.47 Å². The van der Waals surface area contributed by atoms with Gasteiger partial charge in [-0.05, 0) is 62.1 Å². The Hall–Kier alpha value is -1.70. The van der Waals surface area contributed by atoms with E-state index in [0.717, 1.165) is 24.3 Å². The van der Waals surface area contributed by atoms with E-state index in [-0.39, 0.29) is 0 Å². The van der Waals surface area contributed by atoms with Crippen molar-refractivity contribution in [2.24, 2.45) is 0 Å². The lowest BCUT2D eigenvalue weighted by atomic mass is 10.1. The van der Waals surface area contributed by atoms with Crippen LogP contribution in [0.15, 0.2) is 48.9 Å². The lowest BCUT2D eigenvalue weighted by molar-refractivity contribution is 0.464. The maximum atomic E-state index is 5.67. The fraction of sp³-hybridized carbons (Fsp3) is 0.643. The van der Waals surface area contributed by atoms with E-state index in [4.69, 9.17) is 9.47 Å². The standard InChI is InChI=1S/C28H46O2/c1-3-5-7-9-11-13-15-17-19-25-29-27-21-23-28(24-22-27)30-26-20-18-16-14-12-10-8-6-4-2/h19-26H,3-18H2,1-2H3. The van der Waals surface area contributed by atoms with E-state index in [2.05, 4.69) is 26.0 Å². The predicted molar refractivity (Wildman–Crippen MR) is 131 cm³/mol. The third kappa shape index (κ3) is 16.1. The topological polar surface area (TPSA) is 18.5 Å². The molecular formula is C28H46O2. The molecule has 1 rings (SSSR count). The lowest BCUT2D eigenvalue weighted by Crippen LogP contribution is -1.85. The van der Waals surface area contributed by atoms with Gasteiger partial charge in [0.15, 0.2) is 0 Å². The molecule has 0 atom stereocenters. The largest absolute Gasteiger partial charge is 0.465 e. The Morgan fingerprint density at radius 3 is 1.20 bits per heavy atom. The van der Waals surface area contributed by atoms with Gasteiger partial charge in [-0.3, -0.25) is 0 Å². The summed E-state index contributed by atoms with van der Waals surface area (Å²) in [6, 6.07) is 7.82. The minimum Gasteiger partial charge on any atom is -0.465 e. The Morgan fingerprint density at radius 2 is 0.833 bits per heavy atom. The van der Waals surface area contributed by atoms with Crippen LogP contribution in [0.25, 0.3) is 0 Å². The van der Waals surface area contributed by atoms with E-state index < -0.39 is 0 Å².